The fourth-order valence-electron chi connectivity index (χ4n) is 4.13. The van der Waals surface area contributed by atoms with Crippen LogP contribution in [-0.4, -0.2) is 20.8 Å². The van der Waals surface area contributed by atoms with Gasteiger partial charge in [0, 0.05) is 5.56 Å². The zero-order valence-corrected chi connectivity index (χ0v) is 18.7. The Morgan fingerprint density at radius 3 is 2.40 bits per heavy atom. The molecule has 2 aromatic carbocycles. The van der Waals surface area contributed by atoms with Crippen molar-refractivity contribution in [3.63, 3.8) is 0 Å². The van der Waals surface area contributed by atoms with Crippen LogP contribution in [0.5, 0.6) is 5.75 Å². The lowest BCUT2D eigenvalue weighted by Gasteiger charge is -2.17. The zero-order chi connectivity index (χ0) is 25.5. The van der Waals surface area contributed by atoms with Crippen molar-refractivity contribution in [1.82, 2.24) is 14.3 Å². The molecule has 0 aliphatic rings. The van der Waals surface area contributed by atoms with Gasteiger partial charge in [0.25, 0.3) is 6.43 Å². The molecule has 0 aliphatic carbocycles. The van der Waals surface area contributed by atoms with Crippen LogP contribution in [0.3, 0.4) is 0 Å². The standard InChI is InChI=1S/C24H20F5N5O/c1-13-8-9-17(35-12-15-6-4-3-5-7-15)14(2)20(13)34-22(31)16(10-30)19-21(24(27,28)29)33(11-18(25)26)32-23(19)34/h3-9,18H,11-12,31H2,1-2H3. The van der Waals surface area contributed by atoms with Crippen LogP contribution in [0.2, 0.25) is 0 Å². The van der Waals surface area contributed by atoms with Crippen molar-refractivity contribution in [2.45, 2.75) is 39.6 Å². The number of ether oxygens (including phenoxy) is 1. The molecular formula is C24H20F5N5O. The highest BCUT2D eigenvalue weighted by Gasteiger charge is 2.41. The van der Waals surface area contributed by atoms with Crippen molar-refractivity contribution >= 4 is 16.9 Å². The van der Waals surface area contributed by atoms with E-state index in [0.717, 1.165) is 5.56 Å². The van der Waals surface area contributed by atoms with Gasteiger partial charge >= 0.3 is 6.18 Å². The number of fused-ring (bicyclic) bond motifs is 1. The molecular weight excluding hydrogens is 469 g/mol. The lowest BCUT2D eigenvalue weighted by molar-refractivity contribution is -0.143. The molecule has 4 aromatic rings. The minimum Gasteiger partial charge on any atom is -0.489 e. The van der Waals surface area contributed by atoms with E-state index in [1.54, 1.807) is 32.0 Å². The third kappa shape index (κ3) is 4.27. The summed E-state index contributed by atoms with van der Waals surface area (Å²) in [5.74, 6) is 0.170. The number of nitrogen functional groups attached to an aromatic ring is 1. The van der Waals surface area contributed by atoms with E-state index >= 15 is 0 Å². The Morgan fingerprint density at radius 1 is 1.11 bits per heavy atom. The number of aromatic nitrogens is 3. The fourth-order valence-corrected chi connectivity index (χ4v) is 4.13. The van der Waals surface area contributed by atoms with Crippen LogP contribution in [0.15, 0.2) is 42.5 Å². The van der Waals surface area contributed by atoms with Crippen molar-refractivity contribution in [3.8, 4) is 17.5 Å². The maximum Gasteiger partial charge on any atom is 0.433 e. The number of nitrogens with two attached hydrogens (primary N) is 1. The molecule has 0 saturated heterocycles. The third-order valence-electron chi connectivity index (χ3n) is 5.63. The maximum atomic E-state index is 13.9. The van der Waals surface area contributed by atoms with Crippen LogP contribution in [-0.2, 0) is 19.3 Å². The molecule has 0 atom stereocenters. The minimum absolute atomic E-state index is 0.187. The van der Waals surface area contributed by atoms with E-state index in [4.69, 9.17) is 10.5 Å². The van der Waals surface area contributed by atoms with Crippen molar-refractivity contribution in [2.75, 3.05) is 5.73 Å². The molecule has 0 fully saturated rings. The van der Waals surface area contributed by atoms with Gasteiger partial charge in [-0.2, -0.15) is 23.5 Å². The molecule has 0 radical (unpaired) electrons. The normalized spacial score (nSPS) is 11.9. The Bertz CT molecular complexity index is 1430. The lowest BCUT2D eigenvalue weighted by atomic mass is 10.1. The van der Waals surface area contributed by atoms with Gasteiger partial charge < -0.3 is 10.5 Å². The van der Waals surface area contributed by atoms with Gasteiger partial charge in [0.1, 0.15) is 36.4 Å². The van der Waals surface area contributed by atoms with Gasteiger partial charge in [-0.25, -0.2) is 8.78 Å². The molecule has 2 aromatic heterocycles. The van der Waals surface area contributed by atoms with Crippen LogP contribution in [0.4, 0.5) is 27.8 Å². The van der Waals surface area contributed by atoms with E-state index in [0.29, 0.717) is 22.6 Å². The highest BCUT2D eigenvalue weighted by atomic mass is 19.4. The Balaban J connectivity index is 1.94. The first-order valence-corrected chi connectivity index (χ1v) is 10.5. The quantitative estimate of drug-likeness (QED) is 0.349. The van der Waals surface area contributed by atoms with E-state index in [1.807, 2.05) is 30.3 Å². The zero-order valence-electron chi connectivity index (χ0n) is 18.7. The summed E-state index contributed by atoms with van der Waals surface area (Å²) in [6.07, 6.45) is -8.13. The number of aryl methyl sites for hydroxylation is 1. The molecule has 182 valence electrons. The molecule has 0 saturated carbocycles. The summed E-state index contributed by atoms with van der Waals surface area (Å²) in [4.78, 5) is 0. The summed E-state index contributed by atoms with van der Waals surface area (Å²) in [7, 11) is 0. The average molecular weight is 489 g/mol. The van der Waals surface area contributed by atoms with Crippen LogP contribution in [0, 0.1) is 25.2 Å². The predicted molar refractivity (Wildman–Crippen MR) is 119 cm³/mol. The van der Waals surface area contributed by atoms with Crippen LogP contribution < -0.4 is 10.5 Å². The molecule has 4 rings (SSSR count). The lowest BCUT2D eigenvalue weighted by Crippen LogP contribution is -2.19. The van der Waals surface area contributed by atoms with E-state index in [2.05, 4.69) is 5.10 Å². The number of anilines is 1. The van der Waals surface area contributed by atoms with Crippen LogP contribution >= 0.6 is 0 Å². The van der Waals surface area contributed by atoms with E-state index in [1.165, 1.54) is 4.57 Å². The molecule has 0 amide bonds. The van der Waals surface area contributed by atoms with E-state index < -0.39 is 35.8 Å². The summed E-state index contributed by atoms with van der Waals surface area (Å²) in [6.45, 7) is 2.36. The molecule has 11 heteroatoms. The Kier molecular flexibility index (Phi) is 6.15. The molecule has 35 heavy (non-hydrogen) atoms. The van der Waals surface area contributed by atoms with Crippen molar-refractivity contribution < 1.29 is 26.7 Å². The largest absolute Gasteiger partial charge is 0.489 e. The third-order valence-corrected chi connectivity index (χ3v) is 5.63. The summed E-state index contributed by atoms with van der Waals surface area (Å²) in [5.41, 5.74) is 6.30. The SMILES string of the molecule is Cc1ccc(OCc2ccccc2)c(C)c1-n1c(N)c(C#N)c2c(C(F)(F)F)n(CC(F)F)nc21. The van der Waals surface area contributed by atoms with Gasteiger partial charge in [-0.1, -0.05) is 36.4 Å². The molecule has 0 unspecified atom stereocenters. The summed E-state index contributed by atoms with van der Waals surface area (Å²) < 4.78 is 75.2. The Hall–Kier alpha value is -4.07. The molecule has 2 N–H and O–H groups in total. The smallest absolute Gasteiger partial charge is 0.433 e. The number of benzene rings is 2. The summed E-state index contributed by atoms with van der Waals surface area (Å²) in [5, 5.41) is 12.9. The second-order valence-electron chi connectivity index (χ2n) is 7.95. The monoisotopic (exact) mass is 489 g/mol. The number of nitriles is 1. The van der Waals surface area contributed by atoms with Crippen molar-refractivity contribution in [1.29, 1.82) is 5.26 Å². The average Bonchev–Trinajstić information content (AvgIpc) is 3.26. The highest BCUT2D eigenvalue weighted by molar-refractivity contribution is 5.94. The number of hydrogen-bond donors (Lipinski definition) is 1. The van der Waals surface area contributed by atoms with Gasteiger partial charge in [0.15, 0.2) is 11.3 Å². The van der Waals surface area contributed by atoms with Gasteiger partial charge in [-0.15, -0.1) is 0 Å². The van der Waals surface area contributed by atoms with Gasteiger partial charge in [0.05, 0.1) is 11.1 Å². The van der Waals surface area contributed by atoms with E-state index in [-0.39, 0.29) is 22.8 Å². The first-order chi connectivity index (χ1) is 16.5. The Morgan fingerprint density at radius 2 is 1.80 bits per heavy atom. The van der Waals surface area contributed by atoms with E-state index in [9.17, 15) is 27.2 Å². The molecule has 0 spiro atoms. The molecule has 2 heterocycles. The predicted octanol–water partition coefficient (Wildman–Crippen LogP) is 5.76. The summed E-state index contributed by atoms with van der Waals surface area (Å²) >= 11 is 0. The topological polar surface area (TPSA) is 81.8 Å². The van der Waals surface area contributed by atoms with Crippen molar-refractivity contribution in [2.24, 2.45) is 0 Å². The van der Waals surface area contributed by atoms with Crippen LogP contribution in [0.25, 0.3) is 16.7 Å². The number of halogens is 5. The number of hydrogen-bond acceptors (Lipinski definition) is 4. The van der Waals surface area contributed by atoms with Crippen LogP contribution in [0.1, 0.15) is 27.9 Å². The minimum atomic E-state index is -5.04. The second kappa shape index (κ2) is 8.94. The number of nitrogens with zero attached hydrogens (tertiary/aromatic N) is 4. The number of rotatable bonds is 6. The first kappa shape index (κ1) is 24.1. The fraction of sp³-hybridized carbons (Fsp3) is 0.250. The number of alkyl halides is 5. The first-order valence-electron chi connectivity index (χ1n) is 10.5. The second-order valence-corrected chi connectivity index (χ2v) is 7.95. The van der Waals surface area contributed by atoms with Gasteiger partial charge in [0.2, 0.25) is 0 Å². The van der Waals surface area contributed by atoms with Gasteiger partial charge in [-0.05, 0) is 31.0 Å². The molecule has 6 nitrogen and oxygen atoms in total. The molecule has 0 bridgehead atoms. The highest BCUT2D eigenvalue weighted by Crippen LogP contribution is 2.42. The molecule has 0 aliphatic heterocycles. The van der Waals surface area contributed by atoms with Crippen molar-refractivity contribution in [3.05, 3.63) is 70.4 Å². The Labute approximate surface area is 196 Å². The van der Waals surface area contributed by atoms with Gasteiger partial charge in [-0.3, -0.25) is 9.25 Å². The summed E-state index contributed by atoms with van der Waals surface area (Å²) in [6, 6.07) is 14.5. The maximum absolute atomic E-state index is 13.9.